The van der Waals surface area contributed by atoms with Crippen LogP contribution in [-0.4, -0.2) is 0 Å². The third-order valence-electron chi connectivity index (χ3n) is 4.34. The highest BCUT2D eigenvalue weighted by Crippen LogP contribution is 2.59. The van der Waals surface area contributed by atoms with Crippen LogP contribution in [0.4, 0.5) is 0 Å². The van der Waals surface area contributed by atoms with Gasteiger partial charge in [-0.05, 0) is 42.9 Å². The Morgan fingerprint density at radius 3 is 2.93 bits per heavy atom. The van der Waals surface area contributed by atoms with E-state index in [9.17, 15) is 0 Å². The molecule has 1 heteroatoms. The Balaban J connectivity index is 1.94. The van der Waals surface area contributed by atoms with E-state index in [1.54, 1.807) is 5.57 Å². The minimum atomic E-state index is 0.552. The number of nitriles is 1. The molecule has 76 valence electrons. The number of fused-ring (bicyclic) bond motifs is 1. The number of allylic oxidation sites excluding steroid dienone is 2. The second kappa shape index (κ2) is 3.42. The maximum atomic E-state index is 8.50. The largest absolute Gasteiger partial charge is 0.198 e. The van der Waals surface area contributed by atoms with Crippen LogP contribution in [0, 0.1) is 28.6 Å². The Morgan fingerprint density at radius 2 is 2.36 bits per heavy atom. The summed E-state index contributed by atoms with van der Waals surface area (Å²) in [7, 11) is 0. The fourth-order valence-electron chi connectivity index (χ4n) is 3.13. The van der Waals surface area contributed by atoms with Gasteiger partial charge in [0.25, 0.3) is 0 Å². The maximum absolute atomic E-state index is 8.50. The second-order valence-corrected chi connectivity index (χ2v) is 5.33. The zero-order valence-corrected chi connectivity index (χ0v) is 9.21. The van der Waals surface area contributed by atoms with Crippen LogP contribution in [0.25, 0.3) is 0 Å². The molecule has 0 radical (unpaired) electrons. The van der Waals surface area contributed by atoms with E-state index in [0.29, 0.717) is 11.8 Å². The minimum absolute atomic E-state index is 0.552. The number of hydrogen-bond acceptors (Lipinski definition) is 1. The van der Waals surface area contributed by atoms with Gasteiger partial charge in [-0.1, -0.05) is 25.5 Å². The first-order valence-electron chi connectivity index (χ1n) is 5.72. The van der Waals surface area contributed by atoms with Gasteiger partial charge in [0.15, 0.2) is 0 Å². The molecule has 0 aromatic carbocycles. The van der Waals surface area contributed by atoms with E-state index in [4.69, 9.17) is 5.26 Å². The molecule has 2 atom stereocenters. The van der Waals surface area contributed by atoms with Crippen LogP contribution < -0.4 is 0 Å². The summed E-state index contributed by atoms with van der Waals surface area (Å²) in [5.41, 5.74) is 2.20. The van der Waals surface area contributed by atoms with Crippen molar-refractivity contribution in [3.63, 3.8) is 0 Å². The predicted molar refractivity (Wildman–Crippen MR) is 57.5 cm³/mol. The summed E-state index contributed by atoms with van der Waals surface area (Å²) in [6.45, 7) is 4.81. The maximum Gasteiger partial charge on any atom is 0.0621 e. The first-order chi connectivity index (χ1) is 6.66. The molecule has 0 aromatic heterocycles. The molecule has 0 aliphatic heterocycles. The fraction of sp³-hybridized carbons (Fsp3) is 0.769. The Hall–Kier alpha value is -0.770. The van der Waals surface area contributed by atoms with Gasteiger partial charge in [-0.3, -0.25) is 0 Å². The van der Waals surface area contributed by atoms with Crippen LogP contribution >= 0.6 is 0 Å². The molecule has 0 N–H and O–H groups in total. The molecule has 0 saturated heterocycles. The minimum Gasteiger partial charge on any atom is -0.198 e. The molecule has 0 amide bonds. The number of nitrogens with zero attached hydrogens (tertiary/aromatic N) is 1. The molecule has 14 heavy (non-hydrogen) atoms. The molecule has 0 unspecified atom stereocenters. The lowest BCUT2D eigenvalue weighted by Gasteiger charge is -2.56. The van der Waals surface area contributed by atoms with Crippen molar-refractivity contribution in [2.45, 2.75) is 46.0 Å². The topological polar surface area (TPSA) is 23.8 Å². The molecular weight excluding hydrogens is 170 g/mol. The average Bonchev–Trinajstić information content (AvgIpc) is 2.18. The molecule has 0 aromatic rings. The lowest BCUT2D eigenvalue weighted by atomic mass is 9.48. The Morgan fingerprint density at radius 1 is 1.57 bits per heavy atom. The molecule has 3 aliphatic carbocycles. The van der Waals surface area contributed by atoms with Crippen LogP contribution in [-0.2, 0) is 0 Å². The fourth-order valence-corrected chi connectivity index (χ4v) is 3.13. The molecule has 2 bridgehead atoms. The molecule has 3 rings (SSSR count). The van der Waals surface area contributed by atoms with Gasteiger partial charge in [0.05, 0.1) is 6.07 Å². The second-order valence-electron chi connectivity index (χ2n) is 5.33. The van der Waals surface area contributed by atoms with E-state index in [1.165, 1.54) is 12.8 Å². The van der Waals surface area contributed by atoms with Gasteiger partial charge < -0.3 is 0 Å². The van der Waals surface area contributed by atoms with Crippen LogP contribution in [0.15, 0.2) is 11.6 Å². The summed E-state index contributed by atoms with van der Waals surface area (Å²) in [5.74, 6) is 1.77. The molecule has 0 spiro atoms. The van der Waals surface area contributed by atoms with Crippen molar-refractivity contribution in [2.24, 2.45) is 17.3 Å². The first-order valence-corrected chi connectivity index (χ1v) is 5.72. The summed E-state index contributed by atoms with van der Waals surface area (Å²) < 4.78 is 0. The van der Waals surface area contributed by atoms with Crippen molar-refractivity contribution >= 4 is 0 Å². The number of rotatable bonds is 3. The zero-order chi connectivity index (χ0) is 10.2. The molecule has 1 nitrogen and oxygen atoms in total. The monoisotopic (exact) mass is 189 g/mol. The summed E-state index contributed by atoms with van der Waals surface area (Å²) in [6.07, 6.45) is 8.07. The SMILES string of the molecule is CC1(C)[C@H]2CC=C(CCCC#N)[C@H]1C2. The molecule has 1 saturated carbocycles. The summed E-state index contributed by atoms with van der Waals surface area (Å²) in [5, 5.41) is 8.50. The van der Waals surface area contributed by atoms with Crippen LogP contribution in [0.5, 0.6) is 0 Å². The van der Waals surface area contributed by atoms with Crippen LogP contribution in [0.3, 0.4) is 0 Å². The van der Waals surface area contributed by atoms with Crippen molar-refractivity contribution in [2.75, 3.05) is 0 Å². The highest BCUT2D eigenvalue weighted by Gasteiger charge is 2.50. The van der Waals surface area contributed by atoms with Gasteiger partial charge in [-0.2, -0.15) is 5.26 Å². The van der Waals surface area contributed by atoms with Crippen molar-refractivity contribution in [3.8, 4) is 6.07 Å². The van der Waals surface area contributed by atoms with E-state index >= 15 is 0 Å². The standard InChI is InChI=1S/C13H19N/c1-13(2)11-7-6-10(12(13)9-11)5-3-4-8-14/h6,11-12H,3-5,7,9H2,1-2H3/t11-,12+/m0/s1. The molecule has 1 fully saturated rings. The molecule has 0 heterocycles. The molecule has 3 aliphatic rings. The Bertz CT molecular complexity index is 293. The van der Waals surface area contributed by atoms with Gasteiger partial charge >= 0.3 is 0 Å². The van der Waals surface area contributed by atoms with E-state index in [1.807, 2.05) is 0 Å². The van der Waals surface area contributed by atoms with Crippen LogP contribution in [0.1, 0.15) is 46.0 Å². The van der Waals surface area contributed by atoms with Gasteiger partial charge in [0.1, 0.15) is 0 Å². The third-order valence-corrected chi connectivity index (χ3v) is 4.34. The van der Waals surface area contributed by atoms with E-state index in [0.717, 1.165) is 24.7 Å². The van der Waals surface area contributed by atoms with Gasteiger partial charge in [0, 0.05) is 6.42 Å². The van der Waals surface area contributed by atoms with E-state index < -0.39 is 0 Å². The highest BCUT2D eigenvalue weighted by atomic mass is 14.5. The summed E-state index contributed by atoms with van der Waals surface area (Å²) in [4.78, 5) is 0. The van der Waals surface area contributed by atoms with E-state index in [2.05, 4.69) is 26.0 Å². The number of hydrogen-bond donors (Lipinski definition) is 0. The normalized spacial score (nSPS) is 32.8. The smallest absolute Gasteiger partial charge is 0.0621 e. The first kappa shape index (κ1) is 9.77. The average molecular weight is 189 g/mol. The Kier molecular flexibility index (Phi) is 2.39. The number of unbranched alkanes of at least 4 members (excludes halogenated alkanes) is 1. The van der Waals surface area contributed by atoms with Crippen molar-refractivity contribution in [1.82, 2.24) is 0 Å². The van der Waals surface area contributed by atoms with E-state index in [-0.39, 0.29) is 0 Å². The van der Waals surface area contributed by atoms with Gasteiger partial charge in [0.2, 0.25) is 0 Å². The summed E-state index contributed by atoms with van der Waals surface area (Å²) in [6, 6.07) is 2.23. The quantitative estimate of drug-likeness (QED) is 0.491. The Labute approximate surface area is 86.8 Å². The zero-order valence-electron chi connectivity index (χ0n) is 9.21. The third kappa shape index (κ3) is 1.38. The van der Waals surface area contributed by atoms with Gasteiger partial charge in [-0.15, -0.1) is 0 Å². The lowest BCUT2D eigenvalue weighted by molar-refractivity contribution is -0.00832. The summed E-state index contributed by atoms with van der Waals surface area (Å²) >= 11 is 0. The molecular formula is C13H19N. The lowest BCUT2D eigenvalue weighted by Crippen LogP contribution is -2.47. The van der Waals surface area contributed by atoms with Crippen molar-refractivity contribution in [3.05, 3.63) is 11.6 Å². The van der Waals surface area contributed by atoms with Crippen molar-refractivity contribution < 1.29 is 0 Å². The van der Waals surface area contributed by atoms with Gasteiger partial charge in [-0.25, -0.2) is 0 Å². The van der Waals surface area contributed by atoms with Crippen molar-refractivity contribution in [1.29, 1.82) is 5.26 Å². The predicted octanol–water partition coefficient (Wildman–Crippen LogP) is 3.67. The van der Waals surface area contributed by atoms with Crippen LogP contribution in [0.2, 0.25) is 0 Å². The highest BCUT2D eigenvalue weighted by molar-refractivity contribution is 5.23.